The summed E-state index contributed by atoms with van der Waals surface area (Å²) < 4.78 is 7.00. The van der Waals surface area contributed by atoms with Crippen LogP contribution in [0.4, 0.5) is 0 Å². The van der Waals surface area contributed by atoms with Crippen LogP contribution in [0.3, 0.4) is 0 Å². The molecule has 2 heterocycles. The Bertz CT molecular complexity index is 357. The number of rotatable bonds is 0. The van der Waals surface area contributed by atoms with Gasteiger partial charge in [0.05, 0.1) is 4.48 Å². The van der Waals surface area contributed by atoms with Crippen LogP contribution in [0.5, 0.6) is 0 Å². The van der Waals surface area contributed by atoms with Crippen LogP contribution in [-0.4, -0.2) is 17.5 Å². The fourth-order valence-electron chi connectivity index (χ4n) is 1.56. The summed E-state index contributed by atoms with van der Waals surface area (Å²) in [5, 5.41) is 0. The van der Waals surface area contributed by atoms with Gasteiger partial charge in [-0.25, -0.2) is 0 Å². The van der Waals surface area contributed by atoms with E-state index in [0.717, 1.165) is 10.1 Å². The number of carbonyl (C=O) groups is 1. The maximum atomic E-state index is 11.6. The quantitative estimate of drug-likeness (QED) is 0.643. The number of ketones is 1. The summed E-state index contributed by atoms with van der Waals surface area (Å²) in [5.41, 5.74) is 0.629. The van der Waals surface area contributed by atoms with Gasteiger partial charge in [-0.15, -0.1) is 0 Å². The molecule has 0 aromatic rings. The lowest BCUT2D eigenvalue weighted by Gasteiger charge is -2.31. The number of fused-ring (bicyclic) bond motifs is 2. The van der Waals surface area contributed by atoms with Crippen LogP contribution < -0.4 is 0 Å². The van der Waals surface area contributed by atoms with E-state index in [0.29, 0.717) is 4.48 Å². The van der Waals surface area contributed by atoms with Crippen molar-refractivity contribution in [2.45, 2.75) is 25.6 Å². The SMILES string of the molecule is CC1=CC2OC1(C)C(Br)=C(Br)C2=O. The molecule has 2 nitrogen and oxygen atoms in total. The van der Waals surface area contributed by atoms with Gasteiger partial charge in [-0.1, -0.05) is 15.9 Å². The second-order valence-corrected chi connectivity index (χ2v) is 5.00. The molecule has 2 bridgehead atoms. The zero-order valence-corrected chi connectivity index (χ0v) is 10.4. The van der Waals surface area contributed by atoms with E-state index in [4.69, 9.17) is 4.74 Å². The molecule has 13 heavy (non-hydrogen) atoms. The predicted molar refractivity (Wildman–Crippen MR) is 56.9 cm³/mol. The molecule has 0 amide bonds. The normalized spacial score (nSPS) is 38.3. The average molecular weight is 308 g/mol. The Labute approximate surface area is 93.3 Å². The zero-order chi connectivity index (χ0) is 9.80. The lowest BCUT2D eigenvalue weighted by Crippen LogP contribution is -2.37. The van der Waals surface area contributed by atoms with Gasteiger partial charge in [-0.2, -0.15) is 0 Å². The minimum absolute atomic E-state index is 0.0128. The minimum Gasteiger partial charge on any atom is -0.350 e. The fraction of sp³-hybridized carbons (Fsp3) is 0.444. The number of hydrogen-bond acceptors (Lipinski definition) is 2. The van der Waals surface area contributed by atoms with Crippen molar-refractivity contribution in [1.29, 1.82) is 0 Å². The molecule has 2 rings (SSSR count). The molecule has 0 spiro atoms. The van der Waals surface area contributed by atoms with Crippen molar-refractivity contribution in [1.82, 2.24) is 0 Å². The van der Waals surface area contributed by atoms with Gasteiger partial charge in [0.1, 0.15) is 11.7 Å². The van der Waals surface area contributed by atoms with Crippen molar-refractivity contribution in [2.24, 2.45) is 0 Å². The van der Waals surface area contributed by atoms with Gasteiger partial charge in [-0.05, 0) is 41.4 Å². The first-order valence-electron chi connectivity index (χ1n) is 3.93. The van der Waals surface area contributed by atoms with E-state index in [1.54, 1.807) is 0 Å². The second kappa shape index (κ2) is 2.78. The van der Waals surface area contributed by atoms with Gasteiger partial charge in [0, 0.05) is 4.48 Å². The van der Waals surface area contributed by atoms with Crippen molar-refractivity contribution in [3.05, 3.63) is 20.6 Å². The smallest absolute Gasteiger partial charge is 0.203 e. The number of carbonyl (C=O) groups excluding carboxylic acids is 1. The molecule has 0 saturated carbocycles. The second-order valence-electron chi connectivity index (χ2n) is 3.41. The fourth-order valence-corrected chi connectivity index (χ4v) is 2.77. The summed E-state index contributed by atoms with van der Waals surface area (Å²) in [4.78, 5) is 11.6. The highest BCUT2D eigenvalue weighted by Crippen LogP contribution is 2.47. The van der Waals surface area contributed by atoms with Crippen molar-refractivity contribution < 1.29 is 9.53 Å². The first-order valence-corrected chi connectivity index (χ1v) is 5.52. The molecule has 2 aliphatic rings. The van der Waals surface area contributed by atoms with E-state index < -0.39 is 11.7 Å². The Morgan fingerprint density at radius 1 is 1.54 bits per heavy atom. The predicted octanol–water partition coefficient (Wildman–Crippen LogP) is 2.67. The van der Waals surface area contributed by atoms with Crippen molar-refractivity contribution in [3.8, 4) is 0 Å². The summed E-state index contributed by atoms with van der Waals surface area (Å²) in [6, 6.07) is 0. The van der Waals surface area contributed by atoms with Crippen molar-refractivity contribution in [3.63, 3.8) is 0 Å². The molecule has 0 aliphatic carbocycles. The third-order valence-electron chi connectivity index (χ3n) is 2.60. The van der Waals surface area contributed by atoms with Crippen LogP contribution in [-0.2, 0) is 9.53 Å². The Morgan fingerprint density at radius 3 is 2.77 bits per heavy atom. The first kappa shape index (κ1) is 9.62. The van der Waals surface area contributed by atoms with Crippen LogP contribution in [0.25, 0.3) is 0 Å². The first-order chi connectivity index (χ1) is 5.97. The van der Waals surface area contributed by atoms with Gasteiger partial charge in [0.15, 0.2) is 0 Å². The number of halogens is 2. The maximum Gasteiger partial charge on any atom is 0.203 e. The van der Waals surface area contributed by atoms with E-state index in [9.17, 15) is 4.79 Å². The van der Waals surface area contributed by atoms with Crippen LogP contribution in [0.15, 0.2) is 20.6 Å². The lowest BCUT2D eigenvalue weighted by molar-refractivity contribution is -0.128. The molecule has 0 fully saturated rings. The van der Waals surface area contributed by atoms with Crippen LogP contribution in [0.1, 0.15) is 13.8 Å². The average Bonchev–Trinajstić information content (AvgIpc) is 2.37. The third kappa shape index (κ3) is 1.12. The summed E-state index contributed by atoms with van der Waals surface area (Å²) >= 11 is 6.66. The van der Waals surface area contributed by atoms with Crippen LogP contribution in [0, 0.1) is 0 Å². The molecule has 0 aromatic heterocycles. The molecule has 2 aliphatic heterocycles. The Hall–Kier alpha value is 0.0700. The summed E-state index contributed by atoms with van der Waals surface area (Å²) in [6.45, 7) is 3.93. The topological polar surface area (TPSA) is 26.3 Å². The zero-order valence-electron chi connectivity index (χ0n) is 7.23. The highest BCUT2D eigenvalue weighted by atomic mass is 79.9. The maximum absolute atomic E-state index is 11.6. The van der Waals surface area contributed by atoms with E-state index in [2.05, 4.69) is 31.9 Å². The largest absolute Gasteiger partial charge is 0.350 e. The van der Waals surface area contributed by atoms with E-state index >= 15 is 0 Å². The minimum atomic E-state index is -0.447. The highest BCUT2D eigenvalue weighted by molar-refractivity contribution is 9.14. The van der Waals surface area contributed by atoms with Gasteiger partial charge < -0.3 is 4.74 Å². The molecule has 2 atom stereocenters. The summed E-state index contributed by atoms with van der Waals surface area (Å²) in [5.74, 6) is -0.0128. The third-order valence-corrected chi connectivity index (χ3v) is 5.08. The van der Waals surface area contributed by atoms with Gasteiger partial charge in [-0.3, -0.25) is 4.79 Å². The Balaban J connectivity index is 2.62. The number of hydrogen-bond donors (Lipinski definition) is 0. The molecule has 0 radical (unpaired) electrons. The van der Waals surface area contributed by atoms with Gasteiger partial charge >= 0.3 is 0 Å². The molecule has 70 valence electrons. The lowest BCUT2D eigenvalue weighted by atomic mass is 9.98. The van der Waals surface area contributed by atoms with Gasteiger partial charge in [0.25, 0.3) is 0 Å². The van der Waals surface area contributed by atoms with Gasteiger partial charge in [0.2, 0.25) is 5.78 Å². The standard InChI is InChI=1S/C9H8Br2O2/c1-4-3-5-7(12)6(10)8(11)9(4,2)13-5/h3,5H,1-2H3. The van der Waals surface area contributed by atoms with Crippen molar-refractivity contribution in [2.75, 3.05) is 0 Å². The molecule has 0 saturated heterocycles. The van der Waals surface area contributed by atoms with Crippen LogP contribution >= 0.6 is 31.9 Å². The molecule has 4 heteroatoms. The molecular weight excluding hydrogens is 300 g/mol. The van der Waals surface area contributed by atoms with Crippen LogP contribution in [0.2, 0.25) is 0 Å². The monoisotopic (exact) mass is 306 g/mol. The Kier molecular flexibility index (Phi) is 2.06. The Morgan fingerprint density at radius 2 is 2.15 bits per heavy atom. The van der Waals surface area contributed by atoms with E-state index in [-0.39, 0.29) is 5.78 Å². The summed E-state index contributed by atoms with van der Waals surface area (Å²) in [7, 11) is 0. The molecule has 0 aromatic carbocycles. The highest BCUT2D eigenvalue weighted by Gasteiger charge is 2.47. The number of ether oxygens (including phenoxy) is 1. The van der Waals surface area contributed by atoms with Crippen molar-refractivity contribution >= 4 is 37.6 Å². The molecule has 0 N–H and O–H groups in total. The molecular formula is C9H8Br2O2. The van der Waals surface area contributed by atoms with E-state index in [1.807, 2.05) is 19.9 Å². The van der Waals surface area contributed by atoms with E-state index in [1.165, 1.54) is 0 Å². The molecule has 2 unspecified atom stereocenters. The number of Topliss-reactive ketones (excluding diaryl/α,β-unsaturated/α-hetero) is 1. The summed E-state index contributed by atoms with van der Waals surface area (Å²) in [6.07, 6.45) is 1.47.